The molecule has 2 amide bonds. The van der Waals surface area contributed by atoms with E-state index in [0.717, 1.165) is 25.7 Å². The molecule has 2 unspecified atom stereocenters. The standard InChI is InChI=1S/C17H25N3O2.ClH/c1-2-9-19-16(21)12-5-3-6-13(10-12)17(22)20-15-8-4-7-14(15)11-18;/h3,5-6,10,14-15H,2,4,7-9,11,18H2,1H3,(H,19,21)(H,20,22);1H. The van der Waals surface area contributed by atoms with Gasteiger partial charge in [-0.15, -0.1) is 12.4 Å². The van der Waals surface area contributed by atoms with Gasteiger partial charge < -0.3 is 16.4 Å². The van der Waals surface area contributed by atoms with Crippen molar-refractivity contribution in [3.05, 3.63) is 35.4 Å². The Hall–Kier alpha value is -1.59. The molecule has 0 heterocycles. The van der Waals surface area contributed by atoms with Gasteiger partial charge in [-0.1, -0.05) is 19.4 Å². The highest BCUT2D eigenvalue weighted by molar-refractivity contribution is 5.99. The highest BCUT2D eigenvalue weighted by atomic mass is 35.5. The van der Waals surface area contributed by atoms with E-state index in [1.165, 1.54) is 0 Å². The van der Waals surface area contributed by atoms with Crippen LogP contribution in [0.2, 0.25) is 0 Å². The first kappa shape index (κ1) is 19.5. The molecule has 5 nitrogen and oxygen atoms in total. The number of rotatable bonds is 6. The van der Waals surface area contributed by atoms with Gasteiger partial charge in [0.1, 0.15) is 0 Å². The summed E-state index contributed by atoms with van der Waals surface area (Å²) in [6.45, 7) is 3.24. The van der Waals surface area contributed by atoms with Crippen molar-refractivity contribution in [2.45, 2.75) is 38.6 Å². The molecule has 1 aromatic rings. The van der Waals surface area contributed by atoms with Crippen LogP contribution in [-0.2, 0) is 0 Å². The molecule has 0 radical (unpaired) electrons. The number of benzene rings is 1. The van der Waals surface area contributed by atoms with Gasteiger partial charge in [0.15, 0.2) is 0 Å². The second kappa shape index (κ2) is 9.53. The molecule has 1 aliphatic rings. The number of carbonyl (C=O) groups excluding carboxylic acids is 2. The summed E-state index contributed by atoms with van der Waals surface area (Å²) in [5.74, 6) is 0.0904. The third-order valence-electron chi connectivity index (χ3n) is 4.20. The number of nitrogens with two attached hydrogens (primary N) is 1. The summed E-state index contributed by atoms with van der Waals surface area (Å²) >= 11 is 0. The Morgan fingerprint density at radius 2 is 1.91 bits per heavy atom. The average Bonchev–Trinajstić information content (AvgIpc) is 2.99. The minimum absolute atomic E-state index is 0. The van der Waals surface area contributed by atoms with Gasteiger partial charge in [0.25, 0.3) is 11.8 Å². The van der Waals surface area contributed by atoms with E-state index in [2.05, 4.69) is 10.6 Å². The fourth-order valence-electron chi connectivity index (χ4n) is 2.90. The van der Waals surface area contributed by atoms with E-state index in [0.29, 0.717) is 30.1 Å². The van der Waals surface area contributed by atoms with Gasteiger partial charge >= 0.3 is 0 Å². The number of carbonyl (C=O) groups is 2. The van der Waals surface area contributed by atoms with E-state index in [1.54, 1.807) is 24.3 Å². The summed E-state index contributed by atoms with van der Waals surface area (Å²) in [5, 5.41) is 5.87. The van der Waals surface area contributed by atoms with Crippen molar-refractivity contribution in [1.82, 2.24) is 10.6 Å². The van der Waals surface area contributed by atoms with Gasteiger partial charge in [0.2, 0.25) is 0 Å². The third-order valence-corrected chi connectivity index (χ3v) is 4.20. The summed E-state index contributed by atoms with van der Waals surface area (Å²) in [5.41, 5.74) is 6.78. The maximum absolute atomic E-state index is 12.4. The van der Waals surface area contributed by atoms with Crippen LogP contribution in [0.15, 0.2) is 24.3 Å². The van der Waals surface area contributed by atoms with Gasteiger partial charge in [0.05, 0.1) is 0 Å². The molecule has 1 aromatic carbocycles. The Bertz CT molecular complexity index is 536. The van der Waals surface area contributed by atoms with E-state index in [-0.39, 0.29) is 30.3 Å². The lowest BCUT2D eigenvalue weighted by Crippen LogP contribution is -2.39. The maximum atomic E-state index is 12.4. The SMILES string of the molecule is CCCNC(=O)c1cccc(C(=O)NC2CCCC2CN)c1.Cl. The monoisotopic (exact) mass is 339 g/mol. The molecule has 6 heteroatoms. The molecule has 128 valence electrons. The molecular formula is C17H26ClN3O2. The Balaban J connectivity index is 0.00000264. The normalized spacial score (nSPS) is 19.7. The largest absolute Gasteiger partial charge is 0.352 e. The number of nitrogens with one attached hydrogen (secondary N) is 2. The molecule has 2 rings (SSSR count). The first-order valence-corrected chi connectivity index (χ1v) is 8.05. The topological polar surface area (TPSA) is 84.2 Å². The van der Waals surface area contributed by atoms with Gasteiger partial charge in [-0.05, 0) is 49.9 Å². The van der Waals surface area contributed by atoms with Crippen LogP contribution in [-0.4, -0.2) is 30.9 Å². The zero-order valence-electron chi connectivity index (χ0n) is 13.5. The number of hydrogen-bond acceptors (Lipinski definition) is 3. The molecule has 0 saturated heterocycles. The van der Waals surface area contributed by atoms with Crippen LogP contribution in [0.25, 0.3) is 0 Å². The second-order valence-corrected chi connectivity index (χ2v) is 5.84. The molecule has 1 aliphatic carbocycles. The van der Waals surface area contributed by atoms with Crippen LogP contribution in [0.4, 0.5) is 0 Å². The molecular weight excluding hydrogens is 314 g/mol. The summed E-state index contributed by atoms with van der Waals surface area (Å²) < 4.78 is 0. The third kappa shape index (κ3) is 5.22. The molecule has 1 fully saturated rings. The van der Waals surface area contributed by atoms with Crippen LogP contribution in [0.3, 0.4) is 0 Å². The fourth-order valence-corrected chi connectivity index (χ4v) is 2.90. The average molecular weight is 340 g/mol. The van der Waals surface area contributed by atoms with Gasteiger partial charge in [-0.3, -0.25) is 9.59 Å². The zero-order valence-corrected chi connectivity index (χ0v) is 14.3. The smallest absolute Gasteiger partial charge is 0.251 e. The predicted octanol–water partition coefficient (Wildman–Crippen LogP) is 2.11. The van der Waals surface area contributed by atoms with E-state index >= 15 is 0 Å². The lowest BCUT2D eigenvalue weighted by Gasteiger charge is -2.19. The minimum Gasteiger partial charge on any atom is -0.352 e. The summed E-state index contributed by atoms with van der Waals surface area (Å²) in [7, 11) is 0. The van der Waals surface area contributed by atoms with Gasteiger partial charge in [0, 0.05) is 23.7 Å². The van der Waals surface area contributed by atoms with E-state index in [1.807, 2.05) is 6.92 Å². The van der Waals surface area contributed by atoms with Crippen LogP contribution in [0.5, 0.6) is 0 Å². The van der Waals surface area contributed by atoms with Crippen molar-refractivity contribution in [2.75, 3.05) is 13.1 Å². The van der Waals surface area contributed by atoms with Crippen LogP contribution < -0.4 is 16.4 Å². The molecule has 2 atom stereocenters. The summed E-state index contributed by atoms with van der Waals surface area (Å²) in [6.07, 6.45) is 4.03. The van der Waals surface area contributed by atoms with Crippen molar-refractivity contribution in [2.24, 2.45) is 11.7 Å². The van der Waals surface area contributed by atoms with Crippen molar-refractivity contribution in [3.8, 4) is 0 Å². The summed E-state index contributed by atoms with van der Waals surface area (Å²) in [6, 6.07) is 6.99. The first-order chi connectivity index (χ1) is 10.7. The molecule has 4 N–H and O–H groups in total. The maximum Gasteiger partial charge on any atom is 0.251 e. The Morgan fingerprint density at radius 1 is 1.22 bits per heavy atom. The van der Waals surface area contributed by atoms with Crippen molar-refractivity contribution < 1.29 is 9.59 Å². The van der Waals surface area contributed by atoms with Crippen molar-refractivity contribution >= 4 is 24.2 Å². The molecule has 23 heavy (non-hydrogen) atoms. The number of halogens is 1. The molecule has 0 aromatic heterocycles. The van der Waals surface area contributed by atoms with Crippen LogP contribution in [0, 0.1) is 5.92 Å². The second-order valence-electron chi connectivity index (χ2n) is 5.84. The van der Waals surface area contributed by atoms with Crippen molar-refractivity contribution in [3.63, 3.8) is 0 Å². The highest BCUT2D eigenvalue weighted by Gasteiger charge is 2.27. The Kier molecular flexibility index (Phi) is 8.06. The fraction of sp³-hybridized carbons (Fsp3) is 0.529. The quantitative estimate of drug-likeness (QED) is 0.742. The Morgan fingerprint density at radius 3 is 2.57 bits per heavy atom. The zero-order chi connectivity index (χ0) is 15.9. The Labute approximate surface area is 143 Å². The highest BCUT2D eigenvalue weighted by Crippen LogP contribution is 2.24. The number of amides is 2. The van der Waals surface area contributed by atoms with Crippen LogP contribution >= 0.6 is 12.4 Å². The first-order valence-electron chi connectivity index (χ1n) is 8.05. The van der Waals surface area contributed by atoms with Gasteiger partial charge in [-0.2, -0.15) is 0 Å². The van der Waals surface area contributed by atoms with E-state index < -0.39 is 0 Å². The molecule has 0 bridgehead atoms. The van der Waals surface area contributed by atoms with Crippen molar-refractivity contribution in [1.29, 1.82) is 0 Å². The molecule has 1 saturated carbocycles. The van der Waals surface area contributed by atoms with E-state index in [4.69, 9.17) is 5.73 Å². The lowest BCUT2D eigenvalue weighted by atomic mass is 10.0. The summed E-state index contributed by atoms with van der Waals surface area (Å²) in [4.78, 5) is 24.3. The lowest BCUT2D eigenvalue weighted by molar-refractivity contribution is 0.0928. The number of hydrogen-bond donors (Lipinski definition) is 3. The van der Waals surface area contributed by atoms with E-state index in [9.17, 15) is 9.59 Å². The minimum atomic E-state index is -0.141. The molecule has 0 spiro atoms. The molecule has 0 aliphatic heterocycles. The van der Waals surface area contributed by atoms with Crippen LogP contribution in [0.1, 0.15) is 53.3 Å². The van der Waals surface area contributed by atoms with Gasteiger partial charge in [-0.25, -0.2) is 0 Å². The predicted molar refractivity (Wildman–Crippen MR) is 94.0 cm³/mol.